The molecule has 3 heterocycles. The fourth-order valence-corrected chi connectivity index (χ4v) is 5.81. The van der Waals surface area contributed by atoms with Crippen LogP contribution in [0.2, 0.25) is 5.02 Å². The van der Waals surface area contributed by atoms with Gasteiger partial charge in [-0.1, -0.05) is 54.1 Å². The fourth-order valence-electron chi connectivity index (χ4n) is 5.64. The number of ketones is 1. The predicted molar refractivity (Wildman–Crippen MR) is 134 cm³/mol. The van der Waals surface area contributed by atoms with E-state index >= 15 is 0 Å². The van der Waals surface area contributed by atoms with Crippen molar-refractivity contribution in [2.24, 2.45) is 11.8 Å². The second-order valence-corrected chi connectivity index (χ2v) is 9.50. The molecule has 0 aliphatic carbocycles. The highest BCUT2D eigenvalue weighted by Gasteiger charge is 2.64. The smallest absolute Gasteiger partial charge is 0.270 e. The Bertz CT molecular complexity index is 1560. The monoisotopic (exact) mass is 517 g/mol. The summed E-state index contributed by atoms with van der Waals surface area (Å²) in [5.74, 6) is -4.29. The van der Waals surface area contributed by atoms with Gasteiger partial charge in [-0.05, 0) is 29.8 Å². The average molecular weight is 518 g/mol. The topological polar surface area (TPSA) is 101 Å². The van der Waals surface area contributed by atoms with Gasteiger partial charge >= 0.3 is 0 Å². The van der Waals surface area contributed by atoms with Crippen LogP contribution in [0.15, 0.2) is 72.8 Å². The summed E-state index contributed by atoms with van der Waals surface area (Å²) < 4.78 is 13.8. The Hall–Kier alpha value is -4.37. The number of nitro groups is 1. The number of imide groups is 1. The third kappa shape index (κ3) is 3.38. The largest absolute Gasteiger partial charge is 0.352 e. The van der Waals surface area contributed by atoms with Gasteiger partial charge < -0.3 is 4.90 Å². The van der Waals surface area contributed by atoms with Crippen LogP contribution in [0, 0.1) is 27.8 Å². The van der Waals surface area contributed by atoms with E-state index in [0.29, 0.717) is 5.69 Å². The van der Waals surface area contributed by atoms with Gasteiger partial charge in [-0.25, -0.2) is 9.29 Å². The molecule has 10 heteroatoms. The minimum absolute atomic E-state index is 0.0640. The molecule has 6 rings (SSSR count). The molecule has 3 aliphatic heterocycles. The Kier molecular flexibility index (Phi) is 5.20. The summed E-state index contributed by atoms with van der Waals surface area (Å²) in [5.41, 5.74) is 1.42. The van der Waals surface area contributed by atoms with E-state index in [4.69, 9.17) is 11.6 Å². The van der Waals surface area contributed by atoms with Crippen LogP contribution < -0.4 is 9.80 Å². The molecule has 8 nitrogen and oxygen atoms in total. The van der Waals surface area contributed by atoms with Gasteiger partial charge in [0.2, 0.25) is 11.8 Å². The molecule has 0 saturated carbocycles. The first-order valence-electron chi connectivity index (χ1n) is 11.4. The molecular weight excluding hydrogens is 501 g/mol. The summed E-state index contributed by atoms with van der Waals surface area (Å²) in [6.07, 6.45) is 3.65. The number of halogens is 2. The molecule has 4 atom stereocenters. The number of nitrogens with zero attached hydrogens (tertiary/aromatic N) is 3. The van der Waals surface area contributed by atoms with Crippen molar-refractivity contribution in [3.05, 3.63) is 105 Å². The molecule has 0 N–H and O–H groups in total. The zero-order chi connectivity index (χ0) is 26.0. The number of fused-ring (bicyclic) bond motifs is 5. The van der Waals surface area contributed by atoms with Crippen molar-refractivity contribution < 1.29 is 23.7 Å². The second-order valence-electron chi connectivity index (χ2n) is 9.09. The van der Waals surface area contributed by atoms with Crippen molar-refractivity contribution in [3.63, 3.8) is 0 Å². The van der Waals surface area contributed by atoms with Gasteiger partial charge in [0, 0.05) is 23.4 Å². The molecule has 0 bridgehead atoms. The molecule has 0 unspecified atom stereocenters. The van der Waals surface area contributed by atoms with E-state index in [9.17, 15) is 28.9 Å². The zero-order valence-electron chi connectivity index (χ0n) is 19.0. The van der Waals surface area contributed by atoms with Crippen molar-refractivity contribution in [1.29, 1.82) is 0 Å². The van der Waals surface area contributed by atoms with Crippen molar-refractivity contribution in [2.75, 3.05) is 9.80 Å². The molecule has 3 aromatic carbocycles. The average Bonchev–Trinajstić information content (AvgIpc) is 3.38. The van der Waals surface area contributed by atoms with E-state index < -0.39 is 52.3 Å². The number of carbonyl (C=O) groups is 3. The molecule has 37 heavy (non-hydrogen) atoms. The highest BCUT2D eigenvalue weighted by Crippen LogP contribution is 2.50. The van der Waals surface area contributed by atoms with Crippen LogP contribution in [0.3, 0.4) is 0 Å². The van der Waals surface area contributed by atoms with Crippen LogP contribution in [0.25, 0.3) is 6.08 Å². The van der Waals surface area contributed by atoms with E-state index in [0.717, 1.165) is 16.5 Å². The number of hydrogen-bond acceptors (Lipinski definition) is 6. The number of rotatable bonds is 4. The first kappa shape index (κ1) is 23.1. The van der Waals surface area contributed by atoms with Gasteiger partial charge in [0.25, 0.3) is 5.69 Å². The molecule has 0 radical (unpaired) electrons. The van der Waals surface area contributed by atoms with Crippen molar-refractivity contribution in [1.82, 2.24) is 0 Å². The van der Waals surface area contributed by atoms with Gasteiger partial charge in [0.15, 0.2) is 5.78 Å². The van der Waals surface area contributed by atoms with Crippen LogP contribution in [0.1, 0.15) is 15.9 Å². The molecule has 184 valence electrons. The number of carbonyl (C=O) groups excluding carboxylic acids is 3. The molecule has 2 saturated heterocycles. The predicted octanol–water partition coefficient (Wildman–Crippen LogP) is 4.66. The highest BCUT2D eigenvalue weighted by atomic mass is 35.5. The summed E-state index contributed by atoms with van der Waals surface area (Å²) >= 11 is 5.92. The van der Waals surface area contributed by atoms with Crippen LogP contribution in [-0.4, -0.2) is 34.6 Å². The number of benzene rings is 3. The fraction of sp³-hybridized carbons (Fsp3) is 0.148. The summed E-state index contributed by atoms with van der Waals surface area (Å²) in [5, 5.41) is 11.1. The second kappa shape index (κ2) is 8.35. The minimum Gasteiger partial charge on any atom is -0.352 e. The van der Waals surface area contributed by atoms with Crippen LogP contribution in [0.5, 0.6) is 0 Å². The van der Waals surface area contributed by atoms with E-state index in [1.54, 1.807) is 17.0 Å². The Labute approximate surface area is 214 Å². The van der Waals surface area contributed by atoms with Crippen LogP contribution in [-0.2, 0) is 9.59 Å². The van der Waals surface area contributed by atoms with Gasteiger partial charge in [-0.15, -0.1) is 0 Å². The maximum atomic E-state index is 14.0. The number of para-hydroxylation sites is 1. The standard InChI is InChI=1S/C27H17ClFN3O5/c28-18-13-16(9-10-19(18)29)30-26(34)22-21-11-8-14-4-1-2-7-20(14)31(21)24(23(22)27(30)35)25(33)15-5-3-6-17(12-15)32(36)37/h1-13,21-24H/t21-,22-,23+,24-/m0/s1. The maximum Gasteiger partial charge on any atom is 0.270 e. The normalized spacial score (nSPS) is 23.6. The first-order valence-corrected chi connectivity index (χ1v) is 11.8. The van der Waals surface area contributed by atoms with Crippen molar-refractivity contribution in [3.8, 4) is 0 Å². The number of nitro benzene ring substituents is 1. The molecule has 0 aromatic heterocycles. The lowest BCUT2D eigenvalue weighted by molar-refractivity contribution is -0.384. The number of hydrogen-bond donors (Lipinski definition) is 0. The molecule has 3 aliphatic rings. The Morgan fingerprint density at radius 1 is 0.973 bits per heavy atom. The van der Waals surface area contributed by atoms with Crippen molar-refractivity contribution >= 4 is 52.3 Å². The minimum atomic E-state index is -1.10. The van der Waals surface area contributed by atoms with E-state index in [-0.39, 0.29) is 22.0 Å². The van der Waals surface area contributed by atoms with Gasteiger partial charge in [-0.2, -0.15) is 0 Å². The lowest BCUT2D eigenvalue weighted by atomic mass is 9.86. The van der Waals surface area contributed by atoms with E-state index in [2.05, 4.69) is 0 Å². The van der Waals surface area contributed by atoms with E-state index in [1.165, 1.54) is 36.4 Å². The quantitative estimate of drug-likeness (QED) is 0.216. The Balaban J connectivity index is 1.49. The molecule has 0 spiro atoms. The van der Waals surface area contributed by atoms with Crippen LogP contribution in [0.4, 0.5) is 21.5 Å². The Morgan fingerprint density at radius 2 is 1.73 bits per heavy atom. The third-order valence-corrected chi connectivity index (χ3v) is 7.48. The molecular formula is C27H17ClFN3O5. The number of anilines is 2. The lowest BCUT2D eigenvalue weighted by Crippen LogP contribution is -2.48. The molecule has 3 aromatic rings. The van der Waals surface area contributed by atoms with Gasteiger partial charge in [0.1, 0.15) is 11.9 Å². The SMILES string of the molecule is O=C(c1cccc([N+](=O)[O-])c1)[C@@H]1[C@@H]2C(=O)N(c3ccc(F)c(Cl)c3)C(=O)[C@H]2[C@@H]2C=Cc3ccccc3N12. The number of non-ortho nitro benzene ring substituents is 1. The third-order valence-electron chi connectivity index (χ3n) is 7.19. The van der Waals surface area contributed by atoms with Gasteiger partial charge in [0.05, 0.1) is 33.5 Å². The lowest BCUT2D eigenvalue weighted by Gasteiger charge is -2.36. The van der Waals surface area contributed by atoms with Gasteiger partial charge in [-0.3, -0.25) is 24.5 Å². The summed E-state index contributed by atoms with van der Waals surface area (Å²) in [6, 6.07) is 14.5. The van der Waals surface area contributed by atoms with E-state index in [1.807, 2.05) is 24.3 Å². The maximum absolute atomic E-state index is 14.0. The summed E-state index contributed by atoms with van der Waals surface area (Å²) in [6.45, 7) is 0. The molecule has 2 fully saturated rings. The molecule has 2 amide bonds. The Morgan fingerprint density at radius 3 is 2.49 bits per heavy atom. The zero-order valence-corrected chi connectivity index (χ0v) is 19.7. The number of amides is 2. The summed E-state index contributed by atoms with van der Waals surface area (Å²) in [4.78, 5) is 55.0. The number of Topliss-reactive ketones (excluding diaryl/α,β-unsaturated/α-hetero) is 1. The first-order chi connectivity index (χ1) is 17.8. The highest BCUT2D eigenvalue weighted by molar-refractivity contribution is 6.32. The van der Waals surface area contributed by atoms with Crippen LogP contribution >= 0.6 is 11.6 Å². The summed E-state index contributed by atoms with van der Waals surface area (Å²) in [7, 11) is 0. The van der Waals surface area contributed by atoms with Crippen molar-refractivity contribution in [2.45, 2.75) is 12.1 Å².